The van der Waals surface area contributed by atoms with Crippen molar-refractivity contribution in [1.82, 2.24) is 9.88 Å². The predicted octanol–water partition coefficient (Wildman–Crippen LogP) is 7.08. The Morgan fingerprint density at radius 3 is 2.52 bits per heavy atom. The van der Waals surface area contributed by atoms with E-state index in [1.165, 1.54) is 30.1 Å². The first-order valence-corrected chi connectivity index (χ1v) is 14.4. The molecule has 216 valence electrons. The number of carbonyl (C=O) groups is 1. The highest BCUT2D eigenvalue weighted by Crippen LogP contribution is 2.43. The molecule has 0 radical (unpaired) electrons. The quantitative estimate of drug-likeness (QED) is 0.229. The SMILES string of the molecule is COc1ccc2ncc(Cl)c(C(O)CCC3(CC(=O)O)CCN(CCSc4ccc(C(F)(F)F)cc4)CC3)c2c1. The molecule has 0 spiro atoms. The number of ether oxygens (including phenoxy) is 1. The summed E-state index contributed by atoms with van der Waals surface area (Å²) in [4.78, 5) is 19.2. The summed E-state index contributed by atoms with van der Waals surface area (Å²) in [5.41, 5.74) is 0.138. The van der Waals surface area contributed by atoms with Crippen LogP contribution in [-0.2, 0) is 11.0 Å². The first-order valence-electron chi connectivity index (χ1n) is 13.0. The number of aliphatic carboxylic acids is 1. The number of alkyl halides is 3. The van der Waals surface area contributed by atoms with Crippen LogP contribution in [0.25, 0.3) is 10.9 Å². The van der Waals surface area contributed by atoms with Gasteiger partial charge >= 0.3 is 12.1 Å². The van der Waals surface area contributed by atoms with Gasteiger partial charge in [0.2, 0.25) is 0 Å². The number of halogens is 4. The average Bonchev–Trinajstić information content (AvgIpc) is 2.92. The number of aromatic nitrogens is 1. The molecule has 2 aromatic carbocycles. The van der Waals surface area contributed by atoms with Gasteiger partial charge in [0.05, 0.1) is 35.7 Å². The van der Waals surface area contributed by atoms with Crippen molar-refractivity contribution in [1.29, 1.82) is 0 Å². The minimum atomic E-state index is -4.35. The number of pyridine rings is 1. The van der Waals surface area contributed by atoms with Gasteiger partial charge in [-0.3, -0.25) is 9.78 Å². The van der Waals surface area contributed by atoms with Gasteiger partial charge in [0, 0.05) is 34.3 Å². The number of aliphatic hydroxyl groups excluding tert-OH is 1. The second-order valence-electron chi connectivity index (χ2n) is 10.2. The van der Waals surface area contributed by atoms with Crippen LogP contribution in [0, 0.1) is 5.41 Å². The van der Waals surface area contributed by atoms with Gasteiger partial charge in [-0.15, -0.1) is 11.8 Å². The number of thioether (sulfide) groups is 1. The molecule has 1 aliphatic heterocycles. The number of hydrogen-bond donors (Lipinski definition) is 2. The molecule has 1 aliphatic rings. The molecule has 1 fully saturated rings. The summed E-state index contributed by atoms with van der Waals surface area (Å²) in [6.07, 6.45) is -1.47. The summed E-state index contributed by atoms with van der Waals surface area (Å²) in [6.45, 7) is 2.18. The molecular weight excluding hydrogens is 565 g/mol. The van der Waals surface area contributed by atoms with Gasteiger partial charge in [-0.05, 0) is 86.7 Å². The van der Waals surface area contributed by atoms with Gasteiger partial charge in [0.25, 0.3) is 0 Å². The van der Waals surface area contributed by atoms with E-state index in [2.05, 4.69) is 9.88 Å². The Hall–Kier alpha value is -2.53. The Bertz CT molecular complexity index is 1320. The van der Waals surface area contributed by atoms with Gasteiger partial charge in [-0.25, -0.2) is 0 Å². The van der Waals surface area contributed by atoms with Crippen LogP contribution in [0.2, 0.25) is 5.02 Å². The normalized spacial score (nSPS) is 16.6. The van der Waals surface area contributed by atoms with Gasteiger partial charge in [-0.1, -0.05) is 11.6 Å². The standard InChI is InChI=1S/C29H32ClF3N2O4S/c1-39-20-4-7-24-22(16-20)27(23(30)18-34-24)25(36)8-9-28(17-26(37)38)10-12-35(13-11-28)14-15-40-21-5-2-19(3-6-21)29(31,32)33/h2-7,16,18,25,36H,8-15,17H2,1H3,(H,37,38). The molecular formula is C29H32ClF3N2O4S. The number of benzene rings is 2. The Balaban J connectivity index is 1.35. The smallest absolute Gasteiger partial charge is 0.416 e. The molecule has 11 heteroatoms. The Morgan fingerprint density at radius 2 is 1.90 bits per heavy atom. The van der Waals surface area contributed by atoms with Crippen molar-refractivity contribution < 1.29 is 32.9 Å². The molecule has 2 N–H and O–H groups in total. The zero-order valence-electron chi connectivity index (χ0n) is 22.1. The van der Waals surface area contributed by atoms with Crippen molar-refractivity contribution in [3.05, 3.63) is 64.8 Å². The number of fused-ring (bicyclic) bond motifs is 1. The van der Waals surface area contributed by atoms with Crippen LogP contribution in [0.1, 0.15) is 49.3 Å². The lowest BCUT2D eigenvalue weighted by atomic mass is 9.71. The van der Waals surface area contributed by atoms with E-state index in [0.717, 1.165) is 23.6 Å². The summed E-state index contributed by atoms with van der Waals surface area (Å²) in [6, 6.07) is 10.5. The number of carboxylic acid groups (broad SMARTS) is 1. The van der Waals surface area contributed by atoms with E-state index in [0.29, 0.717) is 71.8 Å². The van der Waals surface area contributed by atoms with Crippen LogP contribution in [-0.4, -0.2) is 58.6 Å². The van der Waals surface area contributed by atoms with Crippen molar-refractivity contribution in [3.8, 4) is 5.75 Å². The van der Waals surface area contributed by atoms with Crippen molar-refractivity contribution in [3.63, 3.8) is 0 Å². The van der Waals surface area contributed by atoms with Crippen LogP contribution in [0.5, 0.6) is 5.75 Å². The molecule has 0 aliphatic carbocycles. The van der Waals surface area contributed by atoms with E-state index >= 15 is 0 Å². The van der Waals surface area contributed by atoms with E-state index in [9.17, 15) is 28.2 Å². The van der Waals surface area contributed by atoms with Gasteiger partial charge in [-0.2, -0.15) is 13.2 Å². The summed E-state index contributed by atoms with van der Waals surface area (Å²) < 4.78 is 43.6. The van der Waals surface area contributed by atoms with E-state index in [1.54, 1.807) is 25.3 Å². The highest BCUT2D eigenvalue weighted by Gasteiger charge is 2.37. The van der Waals surface area contributed by atoms with Gasteiger partial charge in [0.15, 0.2) is 0 Å². The maximum absolute atomic E-state index is 12.8. The maximum Gasteiger partial charge on any atom is 0.416 e. The summed E-state index contributed by atoms with van der Waals surface area (Å²) in [5, 5.41) is 21.9. The zero-order chi connectivity index (χ0) is 28.9. The van der Waals surface area contributed by atoms with E-state index < -0.39 is 29.2 Å². The molecule has 1 atom stereocenters. The number of rotatable bonds is 11. The average molecular weight is 597 g/mol. The third kappa shape index (κ3) is 7.60. The molecule has 2 heterocycles. The number of hydrogen-bond acceptors (Lipinski definition) is 6. The van der Waals surface area contributed by atoms with Crippen molar-refractivity contribution >= 4 is 40.2 Å². The summed E-state index contributed by atoms with van der Waals surface area (Å²) in [5.74, 6) is 0.474. The first-order chi connectivity index (χ1) is 19.0. The predicted molar refractivity (Wildman–Crippen MR) is 150 cm³/mol. The lowest BCUT2D eigenvalue weighted by molar-refractivity contribution is -0.141. The minimum Gasteiger partial charge on any atom is -0.497 e. The van der Waals surface area contributed by atoms with E-state index in [-0.39, 0.29) is 6.42 Å². The molecule has 40 heavy (non-hydrogen) atoms. The monoisotopic (exact) mass is 596 g/mol. The highest BCUT2D eigenvalue weighted by molar-refractivity contribution is 7.99. The third-order valence-electron chi connectivity index (χ3n) is 7.65. The minimum absolute atomic E-state index is 0.0203. The summed E-state index contributed by atoms with van der Waals surface area (Å²) >= 11 is 7.96. The Morgan fingerprint density at radius 1 is 1.20 bits per heavy atom. The third-order valence-corrected chi connectivity index (χ3v) is 8.94. The van der Waals surface area contributed by atoms with Crippen molar-refractivity contribution in [2.45, 2.75) is 49.3 Å². The highest BCUT2D eigenvalue weighted by atomic mass is 35.5. The Labute approximate surface area is 240 Å². The van der Waals surface area contributed by atoms with E-state index in [1.807, 2.05) is 0 Å². The largest absolute Gasteiger partial charge is 0.497 e. The van der Waals surface area contributed by atoms with Crippen LogP contribution >= 0.6 is 23.4 Å². The molecule has 4 rings (SSSR count). The topological polar surface area (TPSA) is 82.9 Å². The van der Waals surface area contributed by atoms with Gasteiger partial charge < -0.3 is 19.8 Å². The van der Waals surface area contributed by atoms with Crippen LogP contribution in [0.4, 0.5) is 13.2 Å². The van der Waals surface area contributed by atoms with Crippen LogP contribution in [0.15, 0.2) is 53.6 Å². The van der Waals surface area contributed by atoms with Crippen LogP contribution < -0.4 is 4.74 Å². The summed E-state index contributed by atoms with van der Waals surface area (Å²) in [7, 11) is 1.56. The fourth-order valence-corrected chi connectivity index (χ4v) is 6.53. The zero-order valence-corrected chi connectivity index (χ0v) is 23.7. The molecule has 1 unspecified atom stereocenters. The first kappa shape index (κ1) is 30.4. The molecule has 6 nitrogen and oxygen atoms in total. The molecule has 1 aromatic heterocycles. The number of aliphatic hydroxyl groups is 1. The lowest BCUT2D eigenvalue weighted by Gasteiger charge is -2.41. The Kier molecular flexibility index (Phi) is 9.87. The van der Waals surface area contributed by atoms with Crippen molar-refractivity contribution in [2.75, 3.05) is 32.5 Å². The maximum atomic E-state index is 12.8. The second kappa shape index (κ2) is 13.0. The molecule has 0 amide bonds. The molecule has 3 aromatic rings. The van der Waals surface area contributed by atoms with E-state index in [4.69, 9.17) is 16.3 Å². The number of piperidine rings is 1. The van der Waals surface area contributed by atoms with Crippen molar-refractivity contribution in [2.24, 2.45) is 5.41 Å². The number of likely N-dealkylation sites (tertiary alicyclic amines) is 1. The van der Waals surface area contributed by atoms with Crippen LogP contribution in [0.3, 0.4) is 0 Å². The number of carboxylic acids is 1. The molecule has 0 saturated carbocycles. The fraction of sp³-hybridized carbons (Fsp3) is 0.448. The molecule has 1 saturated heterocycles. The second-order valence-corrected chi connectivity index (χ2v) is 11.8. The number of methoxy groups -OCH3 is 1. The lowest BCUT2D eigenvalue weighted by Crippen LogP contribution is -2.42. The molecule has 0 bridgehead atoms. The number of nitrogens with zero attached hydrogens (tertiary/aromatic N) is 2. The van der Waals surface area contributed by atoms with Gasteiger partial charge in [0.1, 0.15) is 5.75 Å². The fourth-order valence-electron chi connectivity index (χ4n) is 5.34.